The number of fused-ring (bicyclic) bond motifs is 1. The van der Waals surface area contributed by atoms with Crippen LogP contribution in [0.1, 0.15) is 62.3 Å². The quantitative estimate of drug-likeness (QED) is 0.730. The summed E-state index contributed by atoms with van der Waals surface area (Å²) in [6.45, 7) is 11.8. The number of carbonyl (C=O) groups is 2. The summed E-state index contributed by atoms with van der Waals surface area (Å²) in [5.41, 5.74) is 1.06. The third-order valence-corrected chi connectivity index (χ3v) is 4.28. The highest BCUT2D eigenvalue weighted by Crippen LogP contribution is 2.27. The van der Waals surface area contributed by atoms with Crippen molar-refractivity contribution in [2.45, 2.75) is 53.6 Å². The number of carbonyl (C=O) groups excluding carboxylic acids is 2. The fourth-order valence-electron chi connectivity index (χ4n) is 3.21. The van der Waals surface area contributed by atoms with E-state index in [1.54, 1.807) is 6.07 Å². The predicted octanol–water partition coefficient (Wildman–Crippen LogP) is 4.94. The molecule has 1 amide bonds. The fourth-order valence-corrected chi connectivity index (χ4v) is 3.21. The Hall–Kier alpha value is -2.16. The number of amides is 1. The van der Waals surface area contributed by atoms with E-state index in [1.807, 2.05) is 76.8 Å². The molecule has 2 aromatic carbocycles. The second-order valence-electron chi connectivity index (χ2n) is 7.13. The van der Waals surface area contributed by atoms with Gasteiger partial charge in [0.1, 0.15) is 0 Å². The zero-order valence-corrected chi connectivity index (χ0v) is 15.5. The van der Waals surface area contributed by atoms with Gasteiger partial charge in [-0.2, -0.15) is 0 Å². The van der Waals surface area contributed by atoms with Crippen LogP contribution in [0.3, 0.4) is 0 Å². The lowest BCUT2D eigenvalue weighted by molar-refractivity contribution is 0.0641. The molecule has 0 N–H and O–H groups in total. The smallest absolute Gasteiger partial charge is 0.255 e. The second kappa shape index (κ2) is 7.16. The number of benzene rings is 2. The maximum Gasteiger partial charge on any atom is 0.255 e. The molecule has 0 fully saturated rings. The van der Waals surface area contributed by atoms with Crippen LogP contribution in [0.25, 0.3) is 10.8 Å². The summed E-state index contributed by atoms with van der Waals surface area (Å²) in [4.78, 5) is 27.9. The molecular formula is C21H27NO2. The first-order chi connectivity index (χ1) is 11.3. The number of Topliss-reactive ketones (excluding diaryl/α,β-unsaturated/α-hetero) is 1. The van der Waals surface area contributed by atoms with Crippen molar-refractivity contribution in [1.82, 2.24) is 4.90 Å². The van der Waals surface area contributed by atoms with Crippen LogP contribution in [0, 0.1) is 5.92 Å². The summed E-state index contributed by atoms with van der Waals surface area (Å²) >= 11 is 0. The molecule has 0 bridgehead atoms. The van der Waals surface area contributed by atoms with Crippen molar-refractivity contribution in [2.24, 2.45) is 5.92 Å². The van der Waals surface area contributed by atoms with Gasteiger partial charge >= 0.3 is 0 Å². The third kappa shape index (κ3) is 3.35. The van der Waals surface area contributed by atoms with Crippen LogP contribution >= 0.6 is 0 Å². The topological polar surface area (TPSA) is 37.4 Å². The Morgan fingerprint density at radius 1 is 0.833 bits per heavy atom. The van der Waals surface area contributed by atoms with Gasteiger partial charge < -0.3 is 4.90 Å². The highest BCUT2D eigenvalue weighted by Gasteiger charge is 2.28. The van der Waals surface area contributed by atoms with E-state index in [0.717, 1.165) is 10.8 Å². The summed E-state index contributed by atoms with van der Waals surface area (Å²) in [6.07, 6.45) is 0. The lowest BCUT2D eigenvalue weighted by Gasteiger charge is -2.32. The van der Waals surface area contributed by atoms with E-state index in [0.29, 0.717) is 11.1 Å². The number of rotatable bonds is 5. The molecule has 0 aromatic heterocycles. The first kappa shape index (κ1) is 18.2. The van der Waals surface area contributed by atoms with Crippen LogP contribution in [0.5, 0.6) is 0 Å². The first-order valence-electron chi connectivity index (χ1n) is 8.64. The maximum absolute atomic E-state index is 13.4. The Morgan fingerprint density at radius 3 is 1.96 bits per heavy atom. The molecule has 128 valence electrons. The minimum absolute atomic E-state index is 0.0107. The monoisotopic (exact) mass is 325 g/mol. The molecule has 0 saturated heterocycles. The van der Waals surface area contributed by atoms with E-state index < -0.39 is 0 Å². The molecule has 3 nitrogen and oxygen atoms in total. The molecule has 24 heavy (non-hydrogen) atoms. The molecule has 0 aliphatic heterocycles. The summed E-state index contributed by atoms with van der Waals surface area (Å²) in [6, 6.07) is 11.6. The molecule has 0 saturated carbocycles. The van der Waals surface area contributed by atoms with Gasteiger partial charge in [-0.25, -0.2) is 0 Å². The highest BCUT2D eigenvalue weighted by molar-refractivity contribution is 6.16. The molecule has 3 heteroatoms. The molecule has 0 atom stereocenters. The molecule has 0 spiro atoms. The summed E-state index contributed by atoms with van der Waals surface area (Å²) in [5, 5.41) is 1.83. The van der Waals surface area contributed by atoms with Gasteiger partial charge in [0.2, 0.25) is 0 Å². The molecule has 0 radical (unpaired) electrons. The van der Waals surface area contributed by atoms with E-state index in [4.69, 9.17) is 0 Å². The third-order valence-electron chi connectivity index (χ3n) is 4.28. The van der Waals surface area contributed by atoms with Gasteiger partial charge in [-0.15, -0.1) is 0 Å². The number of hydrogen-bond donors (Lipinski definition) is 0. The lowest BCUT2D eigenvalue weighted by Crippen LogP contribution is -2.42. The van der Waals surface area contributed by atoms with Crippen LogP contribution in [-0.2, 0) is 0 Å². The van der Waals surface area contributed by atoms with Crippen molar-refractivity contribution in [2.75, 3.05) is 0 Å². The average molecular weight is 325 g/mol. The van der Waals surface area contributed by atoms with Crippen molar-refractivity contribution in [3.05, 3.63) is 47.5 Å². The van der Waals surface area contributed by atoms with Gasteiger partial charge in [0.25, 0.3) is 5.91 Å². The maximum atomic E-state index is 13.4. The van der Waals surface area contributed by atoms with E-state index >= 15 is 0 Å². The van der Waals surface area contributed by atoms with E-state index in [1.165, 1.54) is 0 Å². The van der Waals surface area contributed by atoms with Gasteiger partial charge in [-0.3, -0.25) is 9.59 Å². The van der Waals surface area contributed by atoms with Gasteiger partial charge in [0.05, 0.1) is 5.56 Å². The van der Waals surface area contributed by atoms with Crippen LogP contribution in [0.2, 0.25) is 0 Å². The van der Waals surface area contributed by atoms with Gasteiger partial charge in [0, 0.05) is 23.6 Å². The summed E-state index contributed by atoms with van der Waals surface area (Å²) in [5.74, 6) is -0.207. The molecule has 0 aliphatic carbocycles. The van der Waals surface area contributed by atoms with Gasteiger partial charge in [0.15, 0.2) is 5.78 Å². The van der Waals surface area contributed by atoms with Crippen molar-refractivity contribution >= 4 is 22.5 Å². The van der Waals surface area contributed by atoms with Crippen LogP contribution < -0.4 is 0 Å². The second-order valence-corrected chi connectivity index (χ2v) is 7.13. The number of ketones is 1. The van der Waals surface area contributed by atoms with Crippen molar-refractivity contribution in [1.29, 1.82) is 0 Å². The summed E-state index contributed by atoms with van der Waals surface area (Å²) in [7, 11) is 0. The van der Waals surface area contributed by atoms with E-state index in [9.17, 15) is 9.59 Å². The molecule has 2 aromatic rings. The Kier molecular flexibility index (Phi) is 5.43. The normalized spacial score (nSPS) is 11.5. The zero-order chi connectivity index (χ0) is 18.0. The largest absolute Gasteiger partial charge is 0.334 e. The fraction of sp³-hybridized carbons (Fsp3) is 0.429. The van der Waals surface area contributed by atoms with Crippen LogP contribution in [-0.4, -0.2) is 28.7 Å². The molecule has 0 aliphatic rings. The Bertz CT molecular complexity index is 752. The van der Waals surface area contributed by atoms with E-state index in [2.05, 4.69) is 0 Å². The van der Waals surface area contributed by atoms with Crippen molar-refractivity contribution in [3.63, 3.8) is 0 Å². The molecule has 0 unspecified atom stereocenters. The number of nitrogens with zero attached hydrogens (tertiary/aromatic N) is 1. The van der Waals surface area contributed by atoms with E-state index in [-0.39, 0.29) is 29.7 Å². The Balaban J connectivity index is 2.75. The highest BCUT2D eigenvalue weighted by atomic mass is 16.2. The van der Waals surface area contributed by atoms with Crippen molar-refractivity contribution in [3.8, 4) is 0 Å². The SMILES string of the molecule is CC(C)C(=O)c1ccc2ccccc2c1C(=O)N(C(C)C)C(C)C. The minimum atomic E-state index is -0.149. The predicted molar refractivity (Wildman–Crippen MR) is 99.6 cm³/mol. The molecule has 0 heterocycles. The lowest BCUT2D eigenvalue weighted by atomic mass is 9.91. The van der Waals surface area contributed by atoms with Crippen molar-refractivity contribution < 1.29 is 9.59 Å². The zero-order valence-electron chi connectivity index (χ0n) is 15.5. The van der Waals surface area contributed by atoms with Crippen LogP contribution in [0.4, 0.5) is 0 Å². The summed E-state index contributed by atoms with van der Waals surface area (Å²) < 4.78 is 0. The minimum Gasteiger partial charge on any atom is -0.334 e. The average Bonchev–Trinajstić information content (AvgIpc) is 2.52. The Labute approximate surface area is 144 Å². The van der Waals surface area contributed by atoms with Gasteiger partial charge in [-0.05, 0) is 44.5 Å². The molecular weight excluding hydrogens is 298 g/mol. The van der Waals surface area contributed by atoms with Gasteiger partial charge in [-0.1, -0.05) is 44.2 Å². The Morgan fingerprint density at radius 2 is 1.42 bits per heavy atom. The number of hydrogen-bond acceptors (Lipinski definition) is 2. The van der Waals surface area contributed by atoms with Crippen LogP contribution in [0.15, 0.2) is 36.4 Å². The standard InChI is InChI=1S/C21H27NO2/c1-13(2)20(23)18-12-11-16-9-7-8-10-17(16)19(18)21(24)22(14(3)4)15(5)6/h7-15H,1-6H3. The first-order valence-corrected chi connectivity index (χ1v) is 8.64. The molecule has 2 rings (SSSR count).